The largest absolute Gasteiger partial charge is 0.371 e. The molecule has 3 fully saturated rings. The Morgan fingerprint density at radius 2 is 2.23 bits per heavy atom. The zero-order valence-electron chi connectivity index (χ0n) is 13.5. The normalized spacial score (nSPS) is 27.8. The number of hydrogen-bond donors (Lipinski definition) is 0. The van der Waals surface area contributed by atoms with Crippen LogP contribution in [0.2, 0.25) is 0 Å². The van der Waals surface area contributed by atoms with Gasteiger partial charge in [0.15, 0.2) is 0 Å². The smallest absolute Gasteiger partial charge is 0.0892 e. The van der Waals surface area contributed by atoms with Crippen LogP contribution >= 0.6 is 11.8 Å². The summed E-state index contributed by atoms with van der Waals surface area (Å²) in [4.78, 5) is 7.19. The molecule has 0 aromatic carbocycles. The first kappa shape index (κ1) is 15.0. The maximum absolute atomic E-state index is 6.12. The molecule has 0 amide bonds. The summed E-state index contributed by atoms with van der Waals surface area (Å²) in [6, 6.07) is 6.17. The van der Waals surface area contributed by atoms with Gasteiger partial charge in [-0.3, -0.25) is 4.98 Å². The van der Waals surface area contributed by atoms with Gasteiger partial charge in [0.1, 0.15) is 0 Å². The van der Waals surface area contributed by atoms with Crippen molar-refractivity contribution in [3.63, 3.8) is 0 Å². The minimum atomic E-state index is 0.415. The van der Waals surface area contributed by atoms with E-state index in [2.05, 4.69) is 33.8 Å². The minimum Gasteiger partial charge on any atom is -0.371 e. The zero-order chi connectivity index (χ0) is 15.0. The Morgan fingerprint density at radius 1 is 1.36 bits per heavy atom. The van der Waals surface area contributed by atoms with Crippen LogP contribution in [0, 0.1) is 12.8 Å². The molecule has 3 aliphatic rings. The molecule has 1 saturated carbocycles. The number of likely N-dealkylation sites (tertiary alicyclic amines) is 1. The van der Waals surface area contributed by atoms with Gasteiger partial charge in [-0.05, 0) is 44.2 Å². The van der Waals surface area contributed by atoms with Crippen molar-refractivity contribution >= 4 is 11.8 Å². The summed E-state index contributed by atoms with van der Waals surface area (Å²) < 4.78 is 6.63. The highest BCUT2D eigenvalue weighted by atomic mass is 32.2. The lowest BCUT2D eigenvalue weighted by atomic mass is 9.83. The van der Waals surface area contributed by atoms with E-state index >= 15 is 0 Å². The van der Waals surface area contributed by atoms with Gasteiger partial charge in [-0.1, -0.05) is 12.5 Å². The van der Waals surface area contributed by atoms with Crippen molar-refractivity contribution in [2.45, 2.75) is 50.1 Å². The van der Waals surface area contributed by atoms with Gasteiger partial charge in [0.2, 0.25) is 0 Å². The Morgan fingerprint density at radius 3 is 2.95 bits per heavy atom. The third-order valence-electron chi connectivity index (χ3n) is 5.35. The Labute approximate surface area is 137 Å². The second-order valence-electron chi connectivity index (χ2n) is 7.37. The van der Waals surface area contributed by atoms with Gasteiger partial charge in [0, 0.05) is 35.8 Å². The maximum atomic E-state index is 6.12. The summed E-state index contributed by atoms with van der Waals surface area (Å²) >= 11 is 2.15. The molecule has 0 radical (unpaired) electrons. The first-order chi connectivity index (χ1) is 10.7. The van der Waals surface area contributed by atoms with Gasteiger partial charge >= 0.3 is 0 Å². The van der Waals surface area contributed by atoms with Gasteiger partial charge in [-0.25, -0.2) is 0 Å². The van der Waals surface area contributed by atoms with Gasteiger partial charge in [0.25, 0.3) is 0 Å². The van der Waals surface area contributed by atoms with Gasteiger partial charge in [-0.15, -0.1) is 11.8 Å². The number of rotatable bonds is 5. The van der Waals surface area contributed by atoms with Crippen LogP contribution in [-0.4, -0.2) is 46.1 Å². The molecule has 1 atom stereocenters. The van der Waals surface area contributed by atoms with E-state index in [1.54, 1.807) is 0 Å². The predicted octanol–water partition coefficient (Wildman–Crippen LogP) is 3.27. The highest BCUT2D eigenvalue weighted by molar-refractivity contribution is 8.01. The topological polar surface area (TPSA) is 25.4 Å². The van der Waals surface area contributed by atoms with E-state index in [4.69, 9.17) is 4.74 Å². The molecule has 0 unspecified atom stereocenters. The zero-order valence-corrected chi connectivity index (χ0v) is 14.3. The van der Waals surface area contributed by atoms with Crippen LogP contribution < -0.4 is 0 Å². The van der Waals surface area contributed by atoms with Gasteiger partial charge < -0.3 is 9.64 Å². The Hall–Kier alpha value is -0.580. The summed E-state index contributed by atoms with van der Waals surface area (Å²) in [5.41, 5.74) is 2.13. The third-order valence-corrected chi connectivity index (χ3v) is 6.93. The SMILES string of the molecule is Cc1cccc(CO[C@@H]2CSC3(C2)CN(CC2CCC2)C3)n1. The molecule has 3 nitrogen and oxygen atoms in total. The fourth-order valence-corrected chi connectivity index (χ4v) is 5.56. The molecular weight excluding hydrogens is 292 g/mol. The second kappa shape index (κ2) is 6.14. The molecule has 2 saturated heterocycles. The van der Waals surface area contributed by atoms with Crippen molar-refractivity contribution in [3.8, 4) is 0 Å². The van der Waals surface area contributed by atoms with E-state index in [1.807, 2.05) is 13.0 Å². The molecule has 1 spiro atoms. The fraction of sp³-hybridized carbons (Fsp3) is 0.722. The van der Waals surface area contributed by atoms with Crippen LogP contribution in [0.3, 0.4) is 0 Å². The molecule has 120 valence electrons. The van der Waals surface area contributed by atoms with Crippen molar-refractivity contribution in [1.82, 2.24) is 9.88 Å². The number of pyridine rings is 1. The number of thioether (sulfide) groups is 1. The predicted molar refractivity (Wildman–Crippen MR) is 91.1 cm³/mol. The van der Waals surface area contributed by atoms with E-state index in [9.17, 15) is 0 Å². The lowest BCUT2D eigenvalue weighted by Crippen LogP contribution is -2.60. The molecule has 2 aliphatic heterocycles. The molecule has 22 heavy (non-hydrogen) atoms. The lowest BCUT2D eigenvalue weighted by Gasteiger charge is -2.49. The second-order valence-corrected chi connectivity index (χ2v) is 8.86. The summed E-state index contributed by atoms with van der Waals surface area (Å²) in [5, 5.41) is 0. The lowest BCUT2D eigenvalue weighted by molar-refractivity contribution is 0.0197. The van der Waals surface area contributed by atoms with E-state index in [0.29, 0.717) is 17.5 Å². The van der Waals surface area contributed by atoms with Crippen LogP contribution in [0.15, 0.2) is 18.2 Å². The van der Waals surface area contributed by atoms with Crippen LogP contribution in [0.5, 0.6) is 0 Å². The fourth-order valence-electron chi connectivity index (χ4n) is 3.95. The number of aryl methyl sites for hydroxylation is 1. The summed E-state index contributed by atoms with van der Waals surface area (Å²) in [6.45, 7) is 6.62. The van der Waals surface area contributed by atoms with Crippen LogP contribution in [-0.2, 0) is 11.3 Å². The van der Waals surface area contributed by atoms with Crippen molar-refractivity contribution in [2.24, 2.45) is 5.92 Å². The van der Waals surface area contributed by atoms with Crippen LogP contribution in [0.25, 0.3) is 0 Å². The molecule has 0 bridgehead atoms. The van der Waals surface area contributed by atoms with Crippen LogP contribution in [0.1, 0.15) is 37.1 Å². The van der Waals surface area contributed by atoms with Gasteiger partial charge in [0.05, 0.1) is 18.4 Å². The maximum Gasteiger partial charge on any atom is 0.0892 e. The first-order valence-corrected chi connectivity index (χ1v) is 9.60. The number of aromatic nitrogens is 1. The Balaban J connectivity index is 1.22. The summed E-state index contributed by atoms with van der Waals surface area (Å²) in [6.07, 6.45) is 6.03. The Kier molecular flexibility index (Phi) is 4.18. The molecular formula is C18H26N2OS. The van der Waals surface area contributed by atoms with Crippen molar-refractivity contribution in [3.05, 3.63) is 29.6 Å². The van der Waals surface area contributed by atoms with Crippen LogP contribution in [0.4, 0.5) is 0 Å². The molecule has 4 heteroatoms. The molecule has 0 N–H and O–H groups in total. The van der Waals surface area contributed by atoms with E-state index < -0.39 is 0 Å². The van der Waals surface area contributed by atoms with E-state index in [-0.39, 0.29) is 0 Å². The minimum absolute atomic E-state index is 0.415. The van der Waals surface area contributed by atoms with Gasteiger partial charge in [-0.2, -0.15) is 0 Å². The molecule has 1 aliphatic carbocycles. The quantitative estimate of drug-likeness (QED) is 0.832. The molecule has 1 aromatic heterocycles. The monoisotopic (exact) mass is 318 g/mol. The highest BCUT2D eigenvalue weighted by Gasteiger charge is 2.49. The van der Waals surface area contributed by atoms with Crippen molar-refractivity contribution < 1.29 is 4.74 Å². The number of hydrogen-bond acceptors (Lipinski definition) is 4. The average Bonchev–Trinajstić information content (AvgIpc) is 2.84. The van der Waals surface area contributed by atoms with E-state index in [1.165, 1.54) is 45.3 Å². The molecule has 3 heterocycles. The third kappa shape index (κ3) is 3.19. The molecule has 1 aromatic rings. The standard InChI is InChI=1S/C18H26N2OS/c1-14-4-2-7-16(19-14)10-21-17-8-18(22-11-17)12-20(13-18)9-15-5-3-6-15/h2,4,7,15,17H,3,5-6,8-13H2,1H3/t17-/m0/s1. The van der Waals surface area contributed by atoms with Crippen molar-refractivity contribution in [2.75, 3.05) is 25.4 Å². The summed E-state index contributed by atoms with van der Waals surface area (Å²) in [5.74, 6) is 2.16. The number of nitrogens with zero attached hydrogens (tertiary/aromatic N) is 2. The van der Waals surface area contributed by atoms with Crippen molar-refractivity contribution in [1.29, 1.82) is 0 Å². The Bertz CT molecular complexity index is 526. The average molecular weight is 318 g/mol. The van der Waals surface area contributed by atoms with E-state index in [0.717, 1.165) is 23.1 Å². The number of ether oxygens (including phenoxy) is 1. The summed E-state index contributed by atoms with van der Waals surface area (Å²) in [7, 11) is 0. The highest BCUT2D eigenvalue weighted by Crippen LogP contribution is 2.46. The molecule has 4 rings (SSSR count). The first-order valence-electron chi connectivity index (χ1n) is 8.61.